The van der Waals surface area contributed by atoms with E-state index in [4.69, 9.17) is 17.3 Å². The van der Waals surface area contributed by atoms with Gasteiger partial charge in [-0.2, -0.15) is 0 Å². The Morgan fingerprint density at radius 3 is 2.65 bits per heavy atom. The molecule has 1 nitrogen and oxygen atoms in total. The number of nitrogen functional groups attached to an aromatic ring is 1. The number of aryl methyl sites for hydroxylation is 1. The lowest BCUT2D eigenvalue weighted by Gasteiger charge is -2.32. The molecule has 2 N–H and O–H groups in total. The van der Waals surface area contributed by atoms with E-state index in [9.17, 15) is 0 Å². The van der Waals surface area contributed by atoms with Gasteiger partial charge in [0.25, 0.3) is 0 Å². The minimum Gasteiger partial charge on any atom is -0.398 e. The van der Waals surface area contributed by atoms with E-state index < -0.39 is 0 Å². The molecule has 2 aliphatic rings. The van der Waals surface area contributed by atoms with Crippen molar-refractivity contribution in [1.82, 2.24) is 0 Å². The zero-order valence-corrected chi connectivity index (χ0v) is 12.2. The number of hydrogen-bond donors (Lipinski definition) is 1. The molecule has 0 saturated heterocycles. The van der Waals surface area contributed by atoms with Crippen molar-refractivity contribution in [2.45, 2.75) is 31.1 Å². The van der Waals surface area contributed by atoms with Crippen molar-refractivity contribution >= 4 is 17.3 Å². The predicted molar refractivity (Wildman–Crippen MR) is 84.1 cm³/mol. The molecular weight excluding hydrogens is 266 g/mol. The number of nitrogens with two attached hydrogens (primary N) is 1. The summed E-state index contributed by atoms with van der Waals surface area (Å²) in [7, 11) is 0. The third-order valence-electron chi connectivity index (χ3n) is 5.07. The van der Waals surface area contributed by atoms with Crippen LogP contribution in [0.3, 0.4) is 0 Å². The lowest BCUT2D eigenvalue weighted by atomic mass is 9.71. The molecular formula is C18H18ClN. The highest BCUT2D eigenvalue weighted by molar-refractivity contribution is 6.33. The zero-order chi connectivity index (χ0) is 13.7. The average molecular weight is 284 g/mol. The number of benzene rings is 2. The van der Waals surface area contributed by atoms with Crippen LogP contribution >= 0.6 is 11.6 Å². The monoisotopic (exact) mass is 283 g/mol. The standard InChI is InChI=1S/C18H18ClN/c19-16-8-7-14(11-17(16)20)18(13-5-6-13)10-9-12-3-1-2-4-15(12)18/h1-4,7-8,11,13H,5-6,9-10,20H2/t18-/m0/s1. The second kappa shape index (κ2) is 4.26. The smallest absolute Gasteiger partial charge is 0.0635 e. The summed E-state index contributed by atoms with van der Waals surface area (Å²) in [5.41, 5.74) is 11.3. The fourth-order valence-electron chi connectivity index (χ4n) is 4.00. The summed E-state index contributed by atoms with van der Waals surface area (Å²) in [6.45, 7) is 0. The first-order valence-electron chi connectivity index (χ1n) is 7.36. The van der Waals surface area contributed by atoms with Gasteiger partial charge < -0.3 is 5.73 Å². The van der Waals surface area contributed by atoms with Crippen molar-refractivity contribution in [3.05, 3.63) is 64.2 Å². The Kier molecular flexibility index (Phi) is 2.62. The maximum Gasteiger partial charge on any atom is 0.0635 e. The van der Waals surface area contributed by atoms with E-state index in [0.29, 0.717) is 10.7 Å². The van der Waals surface area contributed by atoms with Crippen molar-refractivity contribution in [3.63, 3.8) is 0 Å². The summed E-state index contributed by atoms with van der Waals surface area (Å²) in [5, 5.41) is 0.658. The average Bonchev–Trinajstić information content (AvgIpc) is 3.24. The van der Waals surface area contributed by atoms with Gasteiger partial charge >= 0.3 is 0 Å². The minimum absolute atomic E-state index is 0.176. The van der Waals surface area contributed by atoms with Crippen molar-refractivity contribution in [2.75, 3.05) is 5.73 Å². The van der Waals surface area contributed by atoms with Crippen LogP contribution < -0.4 is 5.73 Å². The van der Waals surface area contributed by atoms with Crippen molar-refractivity contribution in [1.29, 1.82) is 0 Å². The van der Waals surface area contributed by atoms with Gasteiger partial charge in [0.15, 0.2) is 0 Å². The molecule has 0 unspecified atom stereocenters. The van der Waals surface area contributed by atoms with Gasteiger partial charge in [-0.1, -0.05) is 41.9 Å². The van der Waals surface area contributed by atoms with E-state index in [-0.39, 0.29) is 5.41 Å². The van der Waals surface area contributed by atoms with E-state index in [2.05, 4.69) is 36.4 Å². The molecule has 1 saturated carbocycles. The largest absolute Gasteiger partial charge is 0.398 e. The van der Waals surface area contributed by atoms with Crippen LogP contribution in [-0.4, -0.2) is 0 Å². The Morgan fingerprint density at radius 1 is 1.10 bits per heavy atom. The molecule has 2 heteroatoms. The van der Waals surface area contributed by atoms with E-state index >= 15 is 0 Å². The highest BCUT2D eigenvalue weighted by Crippen LogP contribution is 2.57. The predicted octanol–water partition coefficient (Wildman–Crippen LogP) is 4.56. The maximum atomic E-state index is 6.10. The number of fused-ring (bicyclic) bond motifs is 1. The lowest BCUT2D eigenvalue weighted by Crippen LogP contribution is -2.27. The van der Waals surface area contributed by atoms with E-state index in [0.717, 1.165) is 5.92 Å². The molecule has 2 aliphatic carbocycles. The number of halogens is 1. The zero-order valence-electron chi connectivity index (χ0n) is 11.4. The third kappa shape index (κ3) is 1.63. The van der Waals surface area contributed by atoms with Crippen molar-refractivity contribution in [2.24, 2.45) is 5.92 Å². The molecule has 20 heavy (non-hydrogen) atoms. The SMILES string of the molecule is Nc1cc([C@@]2(C3CC3)CCc3ccccc32)ccc1Cl. The fourth-order valence-corrected chi connectivity index (χ4v) is 4.11. The number of rotatable bonds is 2. The second-order valence-electron chi connectivity index (χ2n) is 6.14. The van der Waals surface area contributed by atoms with Gasteiger partial charge in [0.2, 0.25) is 0 Å². The van der Waals surface area contributed by atoms with Crippen LogP contribution in [0.15, 0.2) is 42.5 Å². The van der Waals surface area contributed by atoms with Crippen LogP contribution in [0.1, 0.15) is 36.0 Å². The van der Waals surface area contributed by atoms with E-state index in [1.54, 1.807) is 0 Å². The molecule has 0 aromatic heterocycles. The molecule has 1 atom stereocenters. The van der Waals surface area contributed by atoms with Gasteiger partial charge in [-0.3, -0.25) is 0 Å². The van der Waals surface area contributed by atoms with Crippen LogP contribution in [0.5, 0.6) is 0 Å². The number of hydrogen-bond acceptors (Lipinski definition) is 1. The molecule has 0 spiro atoms. The highest BCUT2D eigenvalue weighted by atomic mass is 35.5. The second-order valence-corrected chi connectivity index (χ2v) is 6.55. The summed E-state index contributed by atoms with van der Waals surface area (Å²) in [5.74, 6) is 0.770. The molecule has 102 valence electrons. The Labute approximate surface area is 124 Å². The van der Waals surface area contributed by atoms with Gasteiger partial charge in [-0.15, -0.1) is 0 Å². The van der Waals surface area contributed by atoms with Gasteiger partial charge in [0, 0.05) is 5.41 Å². The molecule has 0 radical (unpaired) electrons. The summed E-state index contributed by atoms with van der Waals surface area (Å²) in [6, 6.07) is 15.1. The summed E-state index contributed by atoms with van der Waals surface area (Å²) in [6.07, 6.45) is 5.04. The maximum absolute atomic E-state index is 6.10. The van der Waals surface area contributed by atoms with E-state index in [1.165, 1.54) is 42.4 Å². The third-order valence-corrected chi connectivity index (χ3v) is 5.42. The molecule has 1 fully saturated rings. The number of anilines is 1. The van der Waals surface area contributed by atoms with Gasteiger partial charge in [0.05, 0.1) is 10.7 Å². The molecule has 2 aromatic carbocycles. The Hall–Kier alpha value is -1.47. The molecule has 0 aliphatic heterocycles. The normalized spacial score (nSPS) is 24.6. The Morgan fingerprint density at radius 2 is 1.90 bits per heavy atom. The van der Waals surface area contributed by atoms with Gasteiger partial charge in [-0.25, -0.2) is 0 Å². The van der Waals surface area contributed by atoms with Crippen molar-refractivity contribution in [3.8, 4) is 0 Å². The van der Waals surface area contributed by atoms with Crippen LogP contribution in [0.25, 0.3) is 0 Å². The highest BCUT2D eigenvalue weighted by Gasteiger charge is 2.50. The molecule has 2 aromatic rings. The first kappa shape index (κ1) is 12.3. The Bertz CT molecular complexity index is 675. The molecule has 0 heterocycles. The van der Waals surface area contributed by atoms with Crippen LogP contribution in [-0.2, 0) is 11.8 Å². The summed E-state index contributed by atoms with van der Waals surface area (Å²) < 4.78 is 0. The van der Waals surface area contributed by atoms with E-state index in [1.807, 2.05) is 6.07 Å². The summed E-state index contributed by atoms with van der Waals surface area (Å²) in [4.78, 5) is 0. The first-order valence-corrected chi connectivity index (χ1v) is 7.73. The Balaban J connectivity index is 1.93. The van der Waals surface area contributed by atoms with Crippen LogP contribution in [0.2, 0.25) is 5.02 Å². The molecule has 0 bridgehead atoms. The van der Waals surface area contributed by atoms with Crippen LogP contribution in [0, 0.1) is 5.92 Å². The van der Waals surface area contributed by atoms with Crippen LogP contribution in [0.4, 0.5) is 5.69 Å². The van der Waals surface area contributed by atoms with Gasteiger partial charge in [0.1, 0.15) is 0 Å². The minimum atomic E-state index is 0.176. The quantitative estimate of drug-likeness (QED) is 0.803. The summed E-state index contributed by atoms with van der Waals surface area (Å²) >= 11 is 6.10. The fraction of sp³-hybridized carbons (Fsp3) is 0.333. The molecule has 0 amide bonds. The lowest BCUT2D eigenvalue weighted by molar-refractivity contribution is 0.445. The van der Waals surface area contributed by atoms with Crippen molar-refractivity contribution < 1.29 is 0 Å². The topological polar surface area (TPSA) is 26.0 Å². The first-order chi connectivity index (χ1) is 9.72. The van der Waals surface area contributed by atoms with Gasteiger partial charge in [-0.05, 0) is 60.4 Å². The molecule has 4 rings (SSSR count).